The van der Waals surface area contributed by atoms with Crippen molar-refractivity contribution in [1.29, 1.82) is 0 Å². The number of hydrogen-bond acceptors (Lipinski definition) is 7. The molecule has 0 radical (unpaired) electrons. The van der Waals surface area contributed by atoms with E-state index in [2.05, 4.69) is 25.6 Å². The highest BCUT2D eigenvalue weighted by atomic mass is 35.5. The number of imidazole rings is 1. The molecule has 0 amide bonds. The maximum Gasteiger partial charge on any atom is 0.223 e. The van der Waals surface area contributed by atoms with Gasteiger partial charge >= 0.3 is 0 Å². The Morgan fingerprint density at radius 2 is 2.19 bits per heavy atom. The minimum Gasteiger partial charge on any atom is -0.352 e. The first-order valence-corrected chi connectivity index (χ1v) is 9.90. The van der Waals surface area contributed by atoms with Crippen molar-refractivity contribution < 1.29 is 8.42 Å². The fourth-order valence-electron chi connectivity index (χ4n) is 2.85. The standard InChI is InChI=1S/C15H22N6O2S.2ClH/c1-24(22,23)13-10-19-15(18-6-8-21-7-5-17-11-21)20-14(13)12-3-2-4-16-9-12;;/h5,7,10-12,16H,2-4,6,8-9H2,1H3,(H,18,19,20);2*1H. The second-order valence-electron chi connectivity index (χ2n) is 5.99. The highest BCUT2D eigenvalue weighted by Crippen LogP contribution is 2.27. The average molecular weight is 423 g/mol. The number of aromatic nitrogens is 4. The Morgan fingerprint density at radius 1 is 1.38 bits per heavy atom. The molecule has 1 fully saturated rings. The normalized spacial score (nSPS) is 17.0. The van der Waals surface area contributed by atoms with Crippen LogP contribution in [-0.2, 0) is 16.4 Å². The summed E-state index contributed by atoms with van der Waals surface area (Å²) in [4.78, 5) is 12.9. The lowest BCUT2D eigenvalue weighted by molar-refractivity contribution is 0.448. The summed E-state index contributed by atoms with van der Waals surface area (Å²) in [5, 5.41) is 6.46. The molecule has 1 unspecified atom stereocenters. The van der Waals surface area contributed by atoms with Crippen molar-refractivity contribution >= 4 is 40.6 Å². The van der Waals surface area contributed by atoms with Crippen molar-refractivity contribution in [2.75, 3.05) is 31.2 Å². The largest absolute Gasteiger partial charge is 0.352 e. The van der Waals surface area contributed by atoms with Crippen LogP contribution in [0.3, 0.4) is 0 Å². The first-order valence-electron chi connectivity index (χ1n) is 8.01. The Balaban J connectivity index is 0.00000169. The lowest BCUT2D eigenvalue weighted by atomic mass is 9.96. The zero-order chi connectivity index (χ0) is 17.0. The molecule has 146 valence electrons. The quantitative estimate of drug-likeness (QED) is 0.726. The fraction of sp³-hybridized carbons (Fsp3) is 0.533. The molecular formula is C15H24Cl2N6O2S. The van der Waals surface area contributed by atoms with E-state index in [9.17, 15) is 8.42 Å². The van der Waals surface area contributed by atoms with Crippen LogP contribution in [0.1, 0.15) is 24.5 Å². The summed E-state index contributed by atoms with van der Waals surface area (Å²) in [5.41, 5.74) is 0.616. The van der Waals surface area contributed by atoms with Gasteiger partial charge < -0.3 is 15.2 Å². The molecule has 1 saturated heterocycles. The Bertz CT molecular complexity index is 779. The predicted octanol–water partition coefficient (Wildman–Crippen LogP) is 1.50. The highest BCUT2D eigenvalue weighted by molar-refractivity contribution is 7.90. The Labute approximate surface area is 166 Å². The molecule has 0 aliphatic carbocycles. The molecule has 26 heavy (non-hydrogen) atoms. The lowest BCUT2D eigenvalue weighted by Gasteiger charge is -2.24. The number of piperidine rings is 1. The average Bonchev–Trinajstić information content (AvgIpc) is 3.08. The van der Waals surface area contributed by atoms with E-state index < -0.39 is 9.84 Å². The zero-order valence-electron chi connectivity index (χ0n) is 14.5. The van der Waals surface area contributed by atoms with Crippen molar-refractivity contribution in [2.45, 2.75) is 30.2 Å². The van der Waals surface area contributed by atoms with Gasteiger partial charge in [0.25, 0.3) is 0 Å². The van der Waals surface area contributed by atoms with Crippen LogP contribution in [0.25, 0.3) is 0 Å². The van der Waals surface area contributed by atoms with Gasteiger partial charge in [0.2, 0.25) is 5.95 Å². The molecule has 2 aromatic rings. The number of nitrogens with one attached hydrogen (secondary N) is 2. The van der Waals surface area contributed by atoms with E-state index in [1.54, 1.807) is 12.5 Å². The summed E-state index contributed by atoms with van der Waals surface area (Å²) < 4.78 is 26.0. The van der Waals surface area contributed by atoms with E-state index in [0.717, 1.165) is 32.5 Å². The number of rotatable bonds is 6. The van der Waals surface area contributed by atoms with E-state index in [1.807, 2.05) is 10.8 Å². The molecule has 0 aromatic carbocycles. The second-order valence-corrected chi connectivity index (χ2v) is 7.97. The van der Waals surface area contributed by atoms with Gasteiger partial charge in [0.05, 0.1) is 18.2 Å². The monoisotopic (exact) mass is 422 g/mol. The van der Waals surface area contributed by atoms with E-state index in [0.29, 0.717) is 18.2 Å². The third-order valence-corrected chi connectivity index (χ3v) is 5.19. The number of sulfone groups is 1. The van der Waals surface area contributed by atoms with Crippen LogP contribution >= 0.6 is 24.8 Å². The molecule has 11 heteroatoms. The summed E-state index contributed by atoms with van der Waals surface area (Å²) in [6.45, 7) is 3.08. The molecule has 0 bridgehead atoms. The maximum absolute atomic E-state index is 12.0. The summed E-state index contributed by atoms with van der Waals surface area (Å²) in [6, 6.07) is 0. The van der Waals surface area contributed by atoms with Crippen LogP contribution in [0.2, 0.25) is 0 Å². The van der Waals surface area contributed by atoms with Gasteiger partial charge in [0.15, 0.2) is 9.84 Å². The summed E-state index contributed by atoms with van der Waals surface area (Å²) >= 11 is 0. The topological polar surface area (TPSA) is 102 Å². The Hall–Kier alpha value is -1.42. The predicted molar refractivity (Wildman–Crippen MR) is 105 cm³/mol. The van der Waals surface area contributed by atoms with Gasteiger partial charge in [-0.2, -0.15) is 0 Å². The fourth-order valence-corrected chi connectivity index (χ4v) is 3.68. The minimum absolute atomic E-state index is 0. The van der Waals surface area contributed by atoms with Crippen LogP contribution in [0.5, 0.6) is 0 Å². The van der Waals surface area contributed by atoms with Gasteiger partial charge in [-0.3, -0.25) is 0 Å². The first kappa shape index (κ1) is 22.6. The van der Waals surface area contributed by atoms with Gasteiger partial charge in [-0.25, -0.2) is 23.4 Å². The van der Waals surface area contributed by atoms with E-state index >= 15 is 0 Å². The Morgan fingerprint density at radius 3 is 2.81 bits per heavy atom. The van der Waals surface area contributed by atoms with Crippen LogP contribution < -0.4 is 10.6 Å². The summed E-state index contributed by atoms with van der Waals surface area (Å²) in [7, 11) is -3.35. The zero-order valence-corrected chi connectivity index (χ0v) is 16.9. The van der Waals surface area contributed by atoms with Gasteiger partial charge in [-0.15, -0.1) is 24.8 Å². The van der Waals surface area contributed by atoms with Gasteiger partial charge in [0, 0.05) is 44.2 Å². The van der Waals surface area contributed by atoms with Crippen LogP contribution in [0, 0.1) is 0 Å². The molecule has 1 aliphatic rings. The molecule has 2 aromatic heterocycles. The number of halogens is 2. The van der Waals surface area contributed by atoms with Crippen LogP contribution in [-0.4, -0.2) is 53.8 Å². The number of nitrogens with zero attached hydrogens (tertiary/aromatic N) is 4. The number of hydrogen-bond donors (Lipinski definition) is 2. The minimum atomic E-state index is -3.35. The van der Waals surface area contributed by atoms with E-state index in [-0.39, 0.29) is 35.6 Å². The Kier molecular flexibility index (Phi) is 8.75. The highest BCUT2D eigenvalue weighted by Gasteiger charge is 2.25. The van der Waals surface area contributed by atoms with Crippen molar-refractivity contribution in [3.05, 3.63) is 30.6 Å². The molecule has 3 rings (SSSR count). The van der Waals surface area contributed by atoms with Gasteiger partial charge in [-0.1, -0.05) is 0 Å². The van der Waals surface area contributed by atoms with Crippen LogP contribution in [0.15, 0.2) is 29.8 Å². The lowest BCUT2D eigenvalue weighted by Crippen LogP contribution is -2.30. The molecule has 0 spiro atoms. The smallest absolute Gasteiger partial charge is 0.223 e. The molecule has 0 saturated carbocycles. The number of anilines is 1. The van der Waals surface area contributed by atoms with Gasteiger partial charge in [0.1, 0.15) is 4.90 Å². The summed E-state index contributed by atoms with van der Waals surface area (Å²) in [6.07, 6.45) is 9.93. The first-order chi connectivity index (χ1) is 11.5. The summed E-state index contributed by atoms with van der Waals surface area (Å²) in [5.74, 6) is 0.559. The third-order valence-electron chi connectivity index (χ3n) is 4.08. The van der Waals surface area contributed by atoms with E-state index in [4.69, 9.17) is 0 Å². The molecule has 8 nitrogen and oxygen atoms in total. The van der Waals surface area contributed by atoms with E-state index in [1.165, 1.54) is 12.5 Å². The molecule has 1 aliphatic heterocycles. The van der Waals surface area contributed by atoms with Crippen molar-refractivity contribution in [2.24, 2.45) is 0 Å². The maximum atomic E-state index is 12.0. The SMILES string of the molecule is CS(=O)(=O)c1cnc(NCCn2ccnc2)nc1C1CCCNC1.Cl.Cl. The van der Waals surface area contributed by atoms with Gasteiger partial charge in [-0.05, 0) is 19.4 Å². The van der Waals surface area contributed by atoms with Crippen LogP contribution in [0.4, 0.5) is 5.95 Å². The second kappa shape index (κ2) is 10.1. The van der Waals surface area contributed by atoms with Crippen molar-refractivity contribution in [1.82, 2.24) is 24.8 Å². The molecule has 1 atom stereocenters. The van der Waals surface area contributed by atoms with Crippen molar-refractivity contribution in [3.63, 3.8) is 0 Å². The van der Waals surface area contributed by atoms with Crippen molar-refractivity contribution in [3.8, 4) is 0 Å². The molecule has 3 heterocycles. The molecule has 2 N–H and O–H groups in total. The third kappa shape index (κ3) is 5.80. The molecular weight excluding hydrogens is 399 g/mol.